The van der Waals surface area contributed by atoms with Gasteiger partial charge in [-0.15, -0.1) is 0 Å². The zero-order valence-corrected chi connectivity index (χ0v) is 17.4. The van der Waals surface area contributed by atoms with Crippen molar-refractivity contribution in [1.82, 2.24) is 4.31 Å². The van der Waals surface area contributed by atoms with Gasteiger partial charge < -0.3 is 5.32 Å². The molecule has 5 heteroatoms. The van der Waals surface area contributed by atoms with E-state index >= 15 is 0 Å². The summed E-state index contributed by atoms with van der Waals surface area (Å²) in [6, 6.07) is 20.8. The number of benzene rings is 3. The molecule has 3 unspecified atom stereocenters. The second-order valence-electron chi connectivity index (χ2n) is 8.12. The first-order valence-corrected chi connectivity index (χ1v) is 11.4. The van der Waals surface area contributed by atoms with Crippen LogP contribution >= 0.6 is 0 Å². The fraction of sp³-hybridized carbons (Fsp3) is 0.250. The van der Waals surface area contributed by atoms with Crippen LogP contribution in [0.4, 0.5) is 5.69 Å². The summed E-state index contributed by atoms with van der Waals surface area (Å²) >= 11 is 0. The molecule has 2 aliphatic rings. The molecule has 3 atom stereocenters. The van der Waals surface area contributed by atoms with Gasteiger partial charge in [0.15, 0.2) is 0 Å². The Morgan fingerprint density at radius 3 is 2.55 bits per heavy atom. The number of rotatable bonds is 3. The number of fused-ring (bicyclic) bond motifs is 4. The fourth-order valence-corrected chi connectivity index (χ4v) is 5.61. The van der Waals surface area contributed by atoms with Gasteiger partial charge in [0.1, 0.15) is 0 Å². The van der Waals surface area contributed by atoms with E-state index in [0.29, 0.717) is 10.8 Å². The summed E-state index contributed by atoms with van der Waals surface area (Å²) in [4.78, 5) is 0.353. The first-order chi connectivity index (χ1) is 13.9. The normalized spacial score (nSPS) is 23.1. The fourth-order valence-electron chi connectivity index (χ4n) is 4.68. The summed E-state index contributed by atoms with van der Waals surface area (Å²) in [5, 5.41) is 6.19. The lowest BCUT2D eigenvalue weighted by molar-refractivity contribution is 0.425. The third-order valence-electron chi connectivity index (χ3n) is 6.25. The Kier molecular flexibility index (Phi) is 4.26. The Bertz CT molecular complexity index is 1230. The maximum Gasteiger partial charge on any atom is 0.242 e. The van der Waals surface area contributed by atoms with Gasteiger partial charge in [-0.05, 0) is 58.5 Å². The molecule has 3 aromatic rings. The minimum Gasteiger partial charge on any atom is -0.378 e. The largest absolute Gasteiger partial charge is 0.378 e. The Morgan fingerprint density at radius 2 is 1.76 bits per heavy atom. The highest BCUT2D eigenvalue weighted by molar-refractivity contribution is 7.89. The van der Waals surface area contributed by atoms with Crippen molar-refractivity contribution in [3.8, 4) is 0 Å². The van der Waals surface area contributed by atoms with E-state index in [1.165, 1.54) is 20.6 Å². The molecule has 148 valence electrons. The van der Waals surface area contributed by atoms with Crippen LogP contribution in [0, 0.1) is 5.92 Å². The summed E-state index contributed by atoms with van der Waals surface area (Å²) < 4.78 is 26.5. The Hall–Kier alpha value is -2.63. The minimum atomic E-state index is -3.45. The number of nitrogens with one attached hydrogen (secondary N) is 1. The van der Waals surface area contributed by atoms with Gasteiger partial charge >= 0.3 is 0 Å². The van der Waals surface area contributed by atoms with Gasteiger partial charge in [0, 0.05) is 25.7 Å². The van der Waals surface area contributed by atoms with Gasteiger partial charge in [-0.3, -0.25) is 0 Å². The summed E-state index contributed by atoms with van der Waals surface area (Å²) in [6.07, 6.45) is 5.46. The predicted octanol–water partition coefficient (Wildman–Crippen LogP) is 4.92. The van der Waals surface area contributed by atoms with Crippen molar-refractivity contribution >= 4 is 26.5 Å². The van der Waals surface area contributed by atoms with Crippen molar-refractivity contribution in [3.63, 3.8) is 0 Å². The highest BCUT2D eigenvalue weighted by atomic mass is 32.2. The van der Waals surface area contributed by atoms with Crippen LogP contribution in [0.3, 0.4) is 0 Å². The van der Waals surface area contributed by atoms with Crippen molar-refractivity contribution in [3.05, 3.63) is 83.9 Å². The molecule has 1 aliphatic heterocycles. The van der Waals surface area contributed by atoms with Crippen LogP contribution in [-0.4, -0.2) is 26.8 Å². The molecular formula is C24H24N2O2S. The smallest absolute Gasteiger partial charge is 0.242 e. The molecule has 0 saturated heterocycles. The topological polar surface area (TPSA) is 49.4 Å². The van der Waals surface area contributed by atoms with Crippen LogP contribution in [-0.2, 0) is 10.0 Å². The van der Waals surface area contributed by atoms with E-state index in [1.54, 1.807) is 20.2 Å². The van der Waals surface area contributed by atoms with E-state index in [2.05, 4.69) is 59.9 Å². The average Bonchev–Trinajstić information content (AvgIpc) is 3.22. The molecule has 0 fully saturated rings. The molecule has 1 N–H and O–H groups in total. The van der Waals surface area contributed by atoms with E-state index in [9.17, 15) is 8.42 Å². The highest BCUT2D eigenvalue weighted by Gasteiger charge is 2.38. The molecule has 0 aromatic heterocycles. The SMILES string of the molecule is CN(C)S(=O)(=O)c1ccc2c(c1)C1C=CCC1C(c1ccc3ccccc3c1)N2. The lowest BCUT2D eigenvalue weighted by Crippen LogP contribution is -2.29. The molecule has 1 heterocycles. The molecular weight excluding hydrogens is 380 g/mol. The monoisotopic (exact) mass is 404 g/mol. The maximum atomic E-state index is 12.6. The van der Waals surface area contributed by atoms with Crippen LogP contribution in [0.1, 0.15) is 29.5 Å². The van der Waals surface area contributed by atoms with Crippen molar-refractivity contribution < 1.29 is 8.42 Å². The summed E-state index contributed by atoms with van der Waals surface area (Å²) in [5.74, 6) is 0.598. The predicted molar refractivity (Wildman–Crippen MR) is 118 cm³/mol. The van der Waals surface area contributed by atoms with Crippen LogP contribution in [0.2, 0.25) is 0 Å². The van der Waals surface area contributed by atoms with Gasteiger partial charge in [0.05, 0.1) is 10.9 Å². The molecule has 3 aromatic carbocycles. The van der Waals surface area contributed by atoms with Crippen molar-refractivity contribution in [1.29, 1.82) is 0 Å². The number of sulfonamides is 1. The zero-order chi connectivity index (χ0) is 20.2. The highest BCUT2D eigenvalue weighted by Crippen LogP contribution is 2.50. The Labute approximate surface area is 171 Å². The van der Waals surface area contributed by atoms with Gasteiger partial charge in [0.2, 0.25) is 10.0 Å². The van der Waals surface area contributed by atoms with Gasteiger partial charge in [-0.1, -0.05) is 48.6 Å². The molecule has 0 radical (unpaired) electrons. The van der Waals surface area contributed by atoms with E-state index in [4.69, 9.17) is 0 Å². The molecule has 0 amide bonds. The lowest BCUT2D eigenvalue weighted by atomic mass is 9.77. The van der Waals surface area contributed by atoms with Crippen LogP contribution in [0.25, 0.3) is 10.8 Å². The number of hydrogen-bond donors (Lipinski definition) is 1. The summed E-state index contributed by atoms with van der Waals surface area (Å²) in [5.41, 5.74) is 3.37. The third-order valence-corrected chi connectivity index (χ3v) is 8.06. The van der Waals surface area contributed by atoms with E-state index < -0.39 is 10.0 Å². The average molecular weight is 405 g/mol. The summed E-state index contributed by atoms with van der Waals surface area (Å²) in [6.45, 7) is 0. The molecule has 0 spiro atoms. The van der Waals surface area contributed by atoms with Crippen molar-refractivity contribution in [2.45, 2.75) is 23.3 Å². The summed E-state index contributed by atoms with van der Waals surface area (Å²) in [7, 11) is -0.307. The van der Waals surface area contributed by atoms with Crippen LogP contribution in [0.15, 0.2) is 77.7 Å². The zero-order valence-electron chi connectivity index (χ0n) is 16.5. The number of nitrogens with zero attached hydrogens (tertiary/aromatic N) is 1. The quantitative estimate of drug-likeness (QED) is 0.631. The Morgan fingerprint density at radius 1 is 0.966 bits per heavy atom. The van der Waals surface area contributed by atoms with E-state index in [-0.39, 0.29) is 12.0 Å². The number of anilines is 1. The molecule has 4 nitrogen and oxygen atoms in total. The van der Waals surface area contributed by atoms with Crippen molar-refractivity contribution in [2.24, 2.45) is 5.92 Å². The second kappa shape index (κ2) is 6.71. The second-order valence-corrected chi connectivity index (χ2v) is 10.3. The Balaban J connectivity index is 1.58. The standard InChI is InChI=1S/C24H24N2O2S/c1-26(2)29(27,28)19-12-13-23-22(15-19)20-8-5-9-21(20)24(25-23)18-11-10-16-6-3-4-7-17(16)14-18/h3-8,10-15,20-21,24-25H,9H2,1-2H3. The number of hydrogen-bond acceptors (Lipinski definition) is 3. The molecule has 29 heavy (non-hydrogen) atoms. The van der Waals surface area contributed by atoms with Crippen molar-refractivity contribution in [2.75, 3.05) is 19.4 Å². The first kappa shape index (κ1) is 18.4. The minimum absolute atomic E-state index is 0.198. The number of allylic oxidation sites excluding steroid dienone is 2. The molecule has 5 rings (SSSR count). The van der Waals surface area contributed by atoms with Crippen LogP contribution < -0.4 is 5.32 Å². The van der Waals surface area contributed by atoms with Gasteiger partial charge in [-0.2, -0.15) is 0 Å². The molecule has 0 bridgehead atoms. The van der Waals surface area contributed by atoms with E-state index in [1.807, 2.05) is 12.1 Å². The third kappa shape index (κ3) is 2.96. The van der Waals surface area contributed by atoms with E-state index in [0.717, 1.165) is 17.7 Å². The van der Waals surface area contributed by atoms with Crippen LogP contribution in [0.5, 0.6) is 0 Å². The van der Waals surface area contributed by atoms with Gasteiger partial charge in [-0.25, -0.2) is 12.7 Å². The van der Waals surface area contributed by atoms with Gasteiger partial charge in [0.25, 0.3) is 0 Å². The maximum absolute atomic E-state index is 12.6. The molecule has 0 saturated carbocycles. The molecule has 1 aliphatic carbocycles. The lowest BCUT2D eigenvalue weighted by Gasteiger charge is -2.38. The first-order valence-electron chi connectivity index (χ1n) is 9.93.